The number of halogens is 3. The predicted octanol–water partition coefficient (Wildman–Crippen LogP) is 1.48. The summed E-state index contributed by atoms with van der Waals surface area (Å²) in [6.45, 7) is 1.48. The quantitative estimate of drug-likeness (QED) is 0.796. The number of rotatable bonds is 2. The molecule has 1 aliphatic carbocycles. The van der Waals surface area contributed by atoms with Gasteiger partial charge in [-0.1, -0.05) is 0 Å². The van der Waals surface area contributed by atoms with Crippen LogP contribution in [0.3, 0.4) is 0 Å². The molecule has 3 nitrogen and oxygen atoms in total. The van der Waals surface area contributed by atoms with E-state index in [0.717, 1.165) is 12.1 Å². The third-order valence-corrected chi connectivity index (χ3v) is 3.28. The molecule has 0 amide bonds. The Morgan fingerprint density at radius 3 is 2.65 bits per heavy atom. The molecule has 0 aliphatic heterocycles. The van der Waals surface area contributed by atoms with Crippen molar-refractivity contribution in [3.05, 3.63) is 34.6 Å². The van der Waals surface area contributed by atoms with Crippen LogP contribution in [-0.4, -0.2) is 14.3 Å². The average Bonchev–Trinajstić information content (AvgIpc) is 2.36. The molecular weight excluding hydrogens is 255 g/mol. The lowest BCUT2D eigenvalue weighted by Gasteiger charge is -2.19. The molecule has 0 bridgehead atoms. The highest BCUT2D eigenvalue weighted by Crippen LogP contribution is 2.44. The molecule has 1 atom stereocenters. The van der Waals surface area contributed by atoms with E-state index in [1.165, 1.54) is 6.92 Å². The van der Waals surface area contributed by atoms with Gasteiger partial charge in [0.1, 0.15) is 11.9 Å². The molecule has 0 aromatic heterocycles. The average molecular weight is 265 g/mol. The van der Waals surface area contributed by atoms with Crippen LogP contribution in [-0.2, 0) is 17.3 Å². The monoisotopic (exact) mass is 265 g/mol. The van der Waals surface area contributed by atoms with Crippen molar-refractivity contribution in [1.82, 2.24) is 4.72 Å². The molecule has 0 radical (unpaired) electrons. The van der Waals surface area contributed by atoms with Gasteiger partial charge in [0.15, 0.2) is 0 Å². The Labute approximate surface area is 97.7 Å². The fourth-order valence-electron chi connectivity index (χ4n) is 2.21. The number of nitrogens with one attached hydrogen (secondary N) is 1. The third-order valence-electron chi connectivity index (χ3n) is 2.81. The van der Waals surface area contributed by atoms with E-state index in [1.807, 2.05) is 4.72 Å². The van der Waals surface area contributed by atoms with Crippen molar-refractivity contribution in [2.24, 2.45) is 0 Å². The van der Waals surface area contributed by atoms with Gasteiger partial charge in [0.25, 0.3) is 5.92 Å². The first kappa shape index (κ1) is 12.4. The van der Waals surface area contributed by atoms with E-state index in [2.05, 4.69) is 0 Å². The molecule has 1 aromatic rings. The van der Waals surface area contributed by atoms with Crippen LogP contribution in [0, 0.1) is 12.7 Å². The van der Waals surface area contributed by atoms with Gasteiger partial charge in [-0.05, 0) is 35.7 Å². The zero-order valence-corrected chi connectivity index (χ0v) is 9.73. The predicted molar refractivity (Wildman–Crippen MR) is 56.0 cm³/mol. The number of benzene rings is 1. The maximum absolute atomic E-state index is 13.6. The summed E-state index contributed by atoms with van der Waals surface area (Å²) in [7, 11) is -3.14. The minimum Gasteiger partial charge on any atom is -0.215 e. The summed E-state index contributed by atoms with van der Waals surface area (Å²) in [5, 5.41) is 0. The Balaban J connectivity index is 2.55. The van der Waals surface area contributed by atoms with Crippen LogP contribution in [0.2, 0.25) is 0 Å². The summed E-state index contributed by atoms with van der Waals surface area (Å²) in [6, 6.07) is 0.543. The second-order valence-corrected chi connectivity index (χ2v) is 4.82. The Hall–Kier alpha value is -1.08. The van der Waals surface area contributed by atoms with Gasteiger partial charge < -0.3 is 0 Å². The number of fused-ring (bicyclic) bond motifs is 1. The highest BCUT2D eigenvalue weighted by molar-refractivity contribution is 7.70. The van der Waals surface area contributed by atoms with Crippen molar-refractivity contribution < 1.29 is 21.6 Å². The first-order valence-corrected chi connectivity index (χ1v) is 6.06. The Morgan fingerprint density at radius 2 is 2.06 bits per heavy atom. The van der Waals surface area contributed by atoms with Crippen LogP contribution in [0.5, 0.6) is 0 Å². The van der Waals surface area contributed by atoms with Gasteiger partial charge in [-0.25, -0.2) is 26.3 Å². The number of alkyl halides is 2. The summed E-state index contributed by atoms with van der Waals surface area (Å²) >= 11 is 0. The van der Waals surface area contributed by atoms with Gasteiger partial charge >= 0.3 is 0 Å². The molecule has 2 rings (SSSR count). The van der Waals surface area contributed by atoms with Gasteiger partial charge in [-0.3, -0.25) is 0 Å². The van der Waals surface area contributed by atoms with E-state index in [-0.39, 0.29) is 11.1 Å². The molecule has 0 heterocycles. The van der Waals surface area contributed by atoms with Crippen LogP contribution in [0.15, 0.2) is 12.1 Å². The maximum atomic E-state index is 13.6. The fourth-order valence-corrected chi connectivity index (χ4v) is 2.74. The molecule has 0 spiro atoms. The molecule has 1 N–H and O–H groups in total. The molecule has 1 aromatic carbocycles. The van der Waals surface area contributed by atoms with Gasteiger partial charge in [0.05, 0.1) is 0 Å². The molecule has 0 saturated heterocycles. The van der Waals surface area contributed by atoms with Crippen LogP contribution in [0.25, 0.3) is 0 Å². The highest BCUT2D eigenvalue weighted by atomic mass is 32.2. The molecule has 7 heteroatoms. The van der Waals surface area contributed by atoms with Crippen LogP contribution in [0.4, 0.5) is 13.2 Å². The van der Waals surface area contributed by atoms with Crippen molar-refractivity contribution in [1.29, 1.82) is 0 Å². The molecule has 0 unspecified atom stereocenters. The van der Waals surface area contributed by atoms with E-state index in [9.17, 15) is 21.6 Å². The van der Waals surface area contributed by atoms with E-state index >= 15 is 0 Å². The number of hydrogen-bond donors (Lipinski definition) is 2. The lowest BCUT2D eigenvalue weighted by molar-refractivity contribution is -0.0185. The molecule has 94 valence electrons. The lowest BCUT2D eigenvalue weighted by Crippen LogP contribution is -2.33. The highest BCUT2D eigenvalue weighted by Gasteiger charge is 2.48. The minimum absolute atomic E-state index is 0.154. The summed E-state index contributed by atoms with van der Waals surface area (Å²) in [5.41, 5.74) is 0.656. The Morgan fingerprint density at radius 1 is 1.41 bits per heavy atom. The van der Waals surface area contributed by atoms with Crippen LogP contribution < -0.4 is 4.72 Å². The van der Waals surface area contributed by atoms with E-state index in [4.69, 9.17) is 0 Å². The second kappa shape index (κ2) is 3.99. The maximum Gasteiger partial charge on any atom is 0.272 e. The normalized spacial score (nSPS) is 21.8. The first-order valence-electron chi connectivity index (χ1n) is 4.88. The van der Waals surface area contributed by atoms with Crippen molar-refractivity contribution in [3.8, 4) is 0 Å². The molecule has 17 heavy (non-hydrogen) atoms. The van der Waals surface area contributed by atoms with Gasteiger partial charge in [-0.15, -0.1) is 0 Å². The van der Waals surface area contributed by atoms with Crippen molar-refractivity contribution in [2.45, 2.75) is 25.3 Å². The van der Waals surface area contributed by atoms with Gasteiger partial charge in [0, 0.05) is 6.42 Å². The molecule has 0 fully saturated rings. The minimum atomic E-state index is -3.23. The lowest BCUT2D eigenvalue weighted by atomic mass is 10.0. The zero-order chi connectivity index (χ0) is 12.8. The largest absolute Gasteiger partial charge is 0.272 e. The number of hydrogen-bond acceptors (Lipinski definition) is 2. The summed E-state index contributed by atoms with van der Waals surface area (Å²) in [4.78, 5) is 0. The van der Waals surface area contributed by atoms with Crippen LogP contribution in [0.1, 0.15) is 22.7 Å². The Bertz CT molecular complexity index is 535. The van der Waals surface area contributed by atoms with E-state index < -0.39 is 35.1 Å². The number of thiol groups is 1. The standard InChI is InChI=1S/C10H10F3NO2S/c1-5-2-7(11)3-6-4-10(12,13)9(8(5)6)14-17(15)16/h2-3,9,17H,4H2,1H3,(H,14,15,16)/t9-/m0/s1. The second-order valence-electron chi connectivity index (χ2n) is 4.05. The van der Waals surface area contributed by atoms with Crippen molar-refractivity contribution >= 4 is 10.9 Å². The first-order chi connectivity index (χ1) is 7.81. The smallest absolute Gasteiger partial charge is 0.215 e. The SMILES string of the molecule is Cc1cc(F)cc2c1[C@H](N[SH](=O)=O)C(F)(F)C2. The van der Waals surface area contributed by atoms with Crippen molar-refractivity contribution in [3.63, 3.8) is 0 Å². The van der Waals surface area contributed by atoms with Crippen LogP contribution >= 0.6 is 0 Å². The van der Waals surface area contributed by atoms with Crippen molar-refractivity contribution in [2.75, 3.05) is 0 Å². The third kappa shape index (κ3) is 2.16. The summed E-state index contributed by atoms with van der Waals surface area (Å²) in [6.07, 6.45) is -0.651. The topological polar surface area (TPSA) is 46.2 Å². The van der Waals surface area contributed by atoms with E-state index in [1.54, 1.807) is 0 Å². The van der Waals surface area contributed by atoms with E-state index in [0.29, 0.717) is 5.56 Å². The Kier molecular flexibility index (Phi) is 2.90. The summed E-state index contributed by atoms with van der Waals surface area (Å²) in [5.74, 6) is -3.82. The number of aryl methyl sites for hydroxylation is 1. The summed E-state index contributed by atoms with van der Waals surface area (Å²) < 4.78 is 63.3. The fraction of sp³-hybridized carbons (Fsp3) is 0.400. The molecule has 1 aliphatic rings. The molecule has 0 saturated carbocycles. The van der Waals surface area contributed by atoms with Gasteiger partial charge in [0.2, 0.25) is 10.9 Å². The zero-order valence-electron chi connectivity index (χ0n) is 8.84. The molecular formula is C10H10F3NO2S. The van der Waals surface area contributed by atoms with Gasteiger partial charge in [-0.2, -0.15) is 0 Å².